The average Bonchev–Trinajstić information content (AvgIpc) is 2.98. The van der Waals surface area contributed by atoms with E-state index in [4.69, 9.17) is 4.98 Å². The molecular weight excluding hydrogens is 502 g/mol. The fourth-order valence-electron chi connectivity index (χ4n) is 5.16. The Morgan fingerprint density at radius 2 is 1.60 bits per heavy atom. The molecule has 0 unspecified atom stereocenters. The van der Waals surface area contributed by atoms with Crippen LogP contribution in [0.5, 0.6) is 0 Å². The van der Waals surface area contributed by atoms with Crippen LogP contribution >= 0.6 is 0 Å². The van der Waals surface area contributed by atoms with Gasteiger partial charge in [-0.25, -0.2) is 19.7 Å². The largest absolute Gasteiger partial charge is 0.338 e. The molecule has 10 nitrogen and oxygen atoms in total. The van der Waals surface area contributed by atoms with Gasteiger partial charge in [-0.3, -0.25) is 9.88 Å². The van der Waals surface area contributed by atoms with Gasteiger partial charge in [0, 0.05) is 62.9 Å². The molecular formula is C30H31N9O. The topological polar surface area (TPSA) is 105 Å². The molecule has 6 rings (SSSR count). The minimum atomic E-state index is -0.631. The Morgan fingerprint density at radius 1 is 0.900 bits per heavy atom. The smallest absolute Gasteiger partial charge is 0.329 e. The Kier molecular flexibility index (Phi) is 6.31. The molecule has 3 aromatic heterocycles. The number of urea groups is 1. The van der Waals surface area contributed by atoms with Gasteiger partial charge in [0.1, 0.15) is 5.52 Å². The van der Waals surface area contributed by atoms with Gasteiger partial charge in [0.15, 0.2) is 0 Å². The molecule has 0 N–H and O–H groups in total. The van der Waals surface area contributed by atoms with Gasteiger partial charge >= 0.3 is 6.03 Å². The molecule has 1 aromatic carbocycles. The number of likely N-dealkylation sites (N-methyl/N-ethyl adjacent to an activating group) is 1. The van der Waals surface area contributed by atoms with Crippen molar-refractivity contribution in [2.45, 2.75) is 25.8 Å². The summed E-state index contributed by atoms with van der Waals surface area (Å²) in [6.45, 7) is 7.95. The van der Waals surface area contributed by atoms with E-state index < -0.39 is 5.41 Å². The highest BCUT2D eigenvalue weighted by atomic mass is 16.2. The first kappa shape index (κ1) is 25.6. The highest BCUT2D eigenvalue weighted by Crippen LogP contribution is 2.39. The zero-order valence-corrected chi connectivity index (χ0v) is 23.2. The predicted molar refractivity (Wildman–Crippen MR) is 154 cm³/mol. The molecule has 0 saturated carbocycles. The Morgan fingerprint density at radius 3 is 2.27 bits per heavy atom. The lowest BCUT2D eigenvalue weighted by Crippen LogP contribution is -2.45. The van der Waals surface area contributed by atoms with Gasteiger partial charge in [-0.05, 0) is 50.7 Å². The second kappa shape index (κ2) is 9.84. The standard InChI is InChI=1S/C30H31N9O/c1-30(2,19-31)22-5-7-23(8-6-22)39-27-21(18-37(4)29(39)40)17-32-25-10-9-24(35-26(25)27)20-15-33-28(34-16-20)38-13-11-36(3)12-14-38/h5-10,15-17H,11-14,18H2,1-4H3. The number of fused-ring (bicyclic) bond motifs is 3. The van der Waals surface area contributed by atoms with E-state index in [2.05, 4.69) is 37.9 Å². The zero-order chi connectivity index (χ0) is 28.0. The van der Waals surface area contributed by atoms with Crippen molar-refractivity contribution in [1.29, 1.82) is 5.26 Å². The molecule has 2 amide bonds. The van der Waals surface area contributed by atoms with Gasteiger partial charge in [-0.15, -0.1) is 0 Å². The second-order valence-electron chi connectivity index (χ2n) is 11.0. The predicted octanol–water partition coefficient (Wildman–Crippen LogP) is 4.34. The van der Waals surface area contributed by atoms with Crippen LogP contribution in [0.25, 0.3) is 22.3 Å². The van der Waals surface area contributed by atoms with E-state index in [0.717, 1.165) is 54.5 Å². The lowest BCUT2D eigenvalue weighted by Gasteiger charge is -2.35. The van der Waals surface area contributed by atoms with Gasteiger partial charge < -0.3 is 14.7 Å². The van der Waals surface area contributed by atoms with Gasteiger partial charge in [-0.1, -0.05) is 12.1 Å². The molecule has 0 bridgehead atoms. The van der Waals surface area contributed by atoms with Crippen molar-refractivity contribution in [3.63, 3.8) is 0 Å². The van der Waals surface area contributed by atoms with E-state index in [1.165, 1.54) is 0 Å². The van der Waals surface area contributed by atoms with Crippen LogP contribution in [0.1, 0.15) is 25.0 Å². The van der Waals surface area contributed by atoms with Gasteiger partial charge in [0.25, 0.3) is 0 Å². The third kappa shape index (κ3) is 4.48. The maximum absolute atomic E-state index is 13.6. The summed E-state index contributed by atoms with van der Waals surface area (Å²) in [5.74, 6) is 0.722. The Labute approximate surface area is 233 Å². The molecule has 0 aliphatic carbocycles. The molecule has 4 aromatic rings. The number of benzene rings is 1. The summed E-state index contributed by atoms with van der Waals surface area (Å²) in [6, 6.07) is 13.6. The zero-order valence-electron chi connectivity index (χ0n) is 23.2. The van der Waals surface area contributed by atoms with Crippen molar-refractivity contribution in [3.8, 4) is 17.3 Å². The van der Waals surface area contributed by atoms with E-state index in [9.17, 15) is 10.1 Å². The summed E-state index contributed by atoms with van der Waals surface area (Å²) in [5.41, 5.74) is 5.43. The maximum atomic E-state index is 13.6. The van der Waals surface area contributed by atoms with Crippen molar-refractivity contribution < 1.29 is 4.79 Å². The van der Waals surface area contributed by atoms with Crippen LogP contribution in [-0.2, 0) is 12.0 Å². The van der Waals surface area contributed by atoms with Crippen molar-refractivity contribution in [1.82, 2.24) is 29.7 Å². The van der Waals surface area contributed by atoms with Crippen LogP contribution in [0, 0.1) is 11.3 Å². The number of anilines is 3. The first-order valence-electron chi connectivity index (χ1n) is 13.4. The van der Waals surface area contributed by atoms with Crippen LogP contribution in [0.4, 0.5) is 22.1 Å². The maximum Gasteiger partial charge on any atom is 0.329 e. The van der Waals surface area contributed by atoms with Crippen LogP contribution in [0.3, 0.4) is 0 Å². The third-order valence-corrected chi connectivity index (χ3v) is 7.76. The first-order chi connectivity index (χ1) is 19.2. The fraction of sp³-hybridized carbons (Fsp3) is 0.333. The lowest BCUT2D eigenvalue weighted by molar-refractivity contribution is 0.213. The molecule has 5 heterocycles. The number of carbonyl (C=O) groups excluding carboxylic acids is 1. The van der Waals surface area contributed by atoms with E-state index in [1.54, 1.807) is 16.8 Å². The summed E-state index contributed by atoms with van der Waals surface area (Å²) < 4.78 is 0. The highest BCUT2D eigenvalue weighted by molar-refractivity contribution is 6.08. The number of carbonyl (C=O) groups is 1. The lowest BCUT2D eigenvalue weighted by atomic mass is 9.86. The van der Waals surface area contributed by atoms with Gasteiger partial charge in [0.2, 0.25) is 5.95 Å². The fourth-order valence-corrected chi connectivity index (χ4v) is 5.16. The van der Waals surface area contributed by atoms with Gasteiger partial charge in [-0.2, -0.15) is 5.26 Å². The number of rotatable bonds is 4. The number of hydrogen-bond acceptors (Lipinski definition) is 8. The summed E-state index contributed by atoms with van der Waals surface area (Å²) in [5, 5.41) is 9.55. The van der Waals surface area contributed by atoms with E-state index in [0.29, 0.717) is 29.0 Å². The number of nitriles is 1. The molecule has 1 saturated heterocycles. The molecule has 0 atom stereocenters. The molecule has 2 aliphatic heterocycles. The summed E-state index contributed by atoms with van der Waals surface area (Å²) >= 11 is 0. The minimum absolute atomic E-state index is 0.153. The van der Waals surface area contributed by atoms with Crippen molar-refractivity contribution in [2.24, 2.45) is 0 Å². The van der Waals surface area contributed by atoms with Crippen LogP contribution < -0.4 is 9.80 Å². The summed E-state index contributed by atoms with van der Waals surface area (Å²) in [6.07, 6.45) is 5.43. The number of amides is 2. The number of aromatic nitrogens is 4. The monoisotopic (exact) mass is 533 g/mol. The molecule has 2 aliphatic rings. The molecule has 1 fully saturated rings. The molecule has 10 heteroatoms. The normalized spacial score (nSPS) is 16.3. The minimum Gasteiger partial charge on any atom is -0.338 e. The van der Waals surface area contributed by atoms with Gasteiger partial charge in [0.05, 0.1) is 40.6 Å². The van der Waals surface area contributed by atoms with Crippen molar-refractivity contribution in [3.05, 3.63) is 66.1 Å². The third-order valence-electron chi connectivity index (χ3n) is 7.76. The molecule has 0 spiro atoms. The molecule has 0 radical (unpaired) electrons. The van der Waals surface area contributed by atoms with Crippen LogP contribution in [-0.4, -0.2) is 76.0 Å². The summed E-state index contributed by atoms with van der Waals surface area (Å²) in [7, 11) is 3.90. The van der Waals surface area contributed by atoms with E-state index >= 15 is 0 Å². The number of piperazine rings is 1. The van der Waals surface area contributed by atoms with Crippen molar-refractivity contribution in [2.75, 3.05) is 50.1 Å². The Bertz CT molecular complexity index is 1620. The quantitative estimate of drug-likeness (QED) is 0.381. The number of hydrogen-bond donors (Lipinski definition) is 0. The highest BCUT2D eigenvalue weighted by Gasteiger charge is 2.32. The average molecular weight is 534 g/mol. The molecule has 40 heavy (non-hydrogen) atoms. The number of nitrogens with zero attached hydrogens (tertiary/aromatic N) is 9. The SMILES string of the molecule is CN1CCN(c2ncc(-c3ccc4ncc5c(c4n3)N(c3ccc(C(C)(C)C#N)cc3)C(=O)N(C)C5)cn2)CC1. The Balaban J connectivity index is 1.40. The van der Waals surface area contributed by atoms with E-state index in [1.807, 2.05) is 68.8 Å². The second-order valence-corrected chi connectivity index (χ2v) is 11.0. The Hall–Kier alpha value is -4.62. The first-order valence-corrected chi connectivity index (χ1v) is 13.4. The van der Waals surface area contributed by atoms with Crippen molar-refractivity contribution >= 4 is 34.4 Å². The van der Waals surface area contributed by atoms with Crippen LogP contribution in [0.2, 0.25) is 0 Å². The van der Waals surface area contributed by atoms with Crippen LogP contribution in [0.15, 0.2) is 55.0 Å². The summed E-state index contributed by atoms with van der Waals surface area (Å²) in [4.78, 5) is 40.3. The molecule has 202 valence electrons. The number of pyridine rings is 2. The van der Waals surface area contributed by atoms with E-state index in [-0.39, 0.29) is 6.03 Å².